The van der Waals surface area contributed by atoms with Crippen LogP contribution in [-0.4, -0.2) is 52.8 Å². The highest BCUT2D eigenvalue weighted by atomic mass is 35.5. The third kappa shape index (κ3) is 5.55. The van der Waals surface area contributed by atoms with E-state index in [4.69, 9.17) is 16.3 Å². The van der Waals surface area contributed by atoms with Gasteiger partial charge in [0.2, 0.25) is 11.8 Å². The molecule has 4 aliphatic rings. The molecule has 3 aliphatic heterocycles. The third-order valence-corrected chi connectivity index (χ3v) is 7.54. The summed E-state index contributed by atoms with van der Waals surface area (Å²) >= 11 is 5.79. The van der Waals surface area contributed by atoms with Gasteiger partial charge in [-0.25, -0.2) is 0 Å². The molecule has 1 aromatic heterocycles. The smallest absolute Gasteiger partial charge is 0.255 e. The summed E-state index contributed by atoms with van der Waals surface area (Å²) in [6.07, 6.45) is 10.3. The van der Waals surface area contributed by atoms with Gasteiger partial charge in [-0.3, -0.25) is 24.7 Å². The van der Waals surface area contributed by atoms with Gasteiger partial charge in [0.05, 0.1) is 11.1 Å². The lowest BCUT2D eigenvalue weighted by Gasteiger charge is -2.29. The highest BCUT2D eigenvalue weighted by Crippen LogP contribution is 2.31. The molecule has 2 aromatic rings. The van der Waals surface area contributed by atoms with Crippen LogP contribution in [0.3, 0.4) is 0 Å². The number of hydrogen-bond acceptors (Lipinski definition) is 6. The molecule has 0 bridgehead atoms. The molecule has 2 N–H and O–H groups in total. The van der Waals surface area contributed by atoms with Crippen LogP contribution in [0.25, 0.3) is 0 Å². The van der Waals surface area contributed by atoms with Gasteiger partial charge in [0.25, 0.3) is 5.91 Å². The van der Waals surface area contributed by atoms with Crippen molar-refractivity contribution in [1.29, 1.82) is 0 Å². The van der Waals surface area contributed by atoms with E-state index >= 15 is 0 Å². The number of aromatic nitrogens is 1. The van der Waals surface area contributed by atoms with Crippen molar-refractivity contribution in [1.82, 2.24) is 20.5 Å². The molecular formula is C27H31ClN4O4. The highest BCUT2D eigenvalue weighted by molar-refractivity contribution is 6.30. The molecule has 1 aromatic carbocycles. The van der Waals surface area contributed by atoms with E-state index in [1.165, 1.54) is 24.8 Å². The molecule has 9 heteroatoms. The second-order valence-electron chi connectivity index (χ2n) is 9.89. The number of benzene rings is 1. The molecule has 36 heavy (non-hydrogen) atoms. The molecule has 6 rings (SSSR count). The average Bonchev–Trinajstić information content (AvgIpc) is 3.15. The maximum absolute atomic E-state index is 12.6. The van der Waals surface area contributed by atoms with Crippen LogP contribution >= 0.6 is 11.6 Å². The van der Waals surface area contributed by atoms with Gasteiger partial charge in [-0.15, -0.1) is 0 Å². The molecule has 1 saturated carbocycles. The number of nitrogens with one attached hydrogen (secondary N) is 2. The van der Waals surface area contributed by atoms with Crippen molar-refractivity contribution in [2.75, 3.05) is 13.1 Å². The van der Waals surface area contributed by atoms with E-state index in [-0.39, 0.29) is 30.2 Å². The maximum Gasteiger partial charge on any atom is 0.255 e. The Balaban J connectivity index is 0.000000202. The number of pyridine rings is 1. The van der Waals surface area contributed by atoms with Crippen LogP contribution in [0.2, 0.25) is 5.02 Å². The van der Waals surface area contributed by atoms with E-state index in [0.717, 1.165) is 42.3 Å². The molecule has 1 aliphatic carbocycles. The number of piperidine rings is 1. The van der Waals surface area contributed by atoms with Crippen molar-refractivity contribution >= 4 is 29.3 Å². The first-order chi connectivity index (χ1) is 17.5. The lowest BCUT2D eigenvalue weighted by molar-refractivity contribution is -0.136. The molecule has 0 radical (unpaired) electrons. The minimum Gasteiger partial charge on any atom is -0.490 e. The van der Waals surface area contributed by atoms with Gasteiger partial charge in [0.1, 0.15) is 11.8 Å². The topological polar surface area (TPSA) is 101 Å². The molecular weight excluding hydrogens is 480 g/mol. The van der Waals surface area contributed by atoms with Crippen LogP contribution in [0.4, 0.5) is 0 Å². The summed E-state index contributed by atoms with van der Waals surface area (Å²) in [6.45, 7) is 2.51. The SMILES string of the molecule is Clc1cncc(C2CNC2)c1.O=C1CCC(N2Cc3cc(OC4CCCCC4)ccc3C2=O)C(=O)N1. The van der Waals surface area contributed by atoms with E-state index < -0.39 is 6.04 Å². The number of rotatable bonds is 4. The standard InChI is InChI=1S/C19H22N2O4.C8H9ClN2/c22-17-9-8-16(18(23)20-17)21-11-12-10-14(6-7-15(12)19(21)24)25-13-4-2-1-3-5-13;9-8-1-6(2-11-5-8)7-3-10-4-7/h6-7,10,13,16H,1-5,8-9,11H2,(H,20,22,23);1-2,5,7,10H,3-4H2. The molecule has 8 nitrogen and oxygen atoms in total. The van der Waals surface area contributed by atoms with E-state index in [1.807, 2.05) is 24.4 Å². The first-order valence-electron chi connectivity index (χ1n) is 12.7. The Bertz CT molecular complexity index is 1150. The molecule has 0 spiro atoms. The Morgan fingerprint density at radius 3 is 2.50 bits per heavy atom. The first-order valence-corrected chi connectivity index (χ1v) is 13.1. The average molecular weight is 511 g/mol. The van der Waals surface area contributed by atoms with Crippen LogP contribution in [0.5, 0.6) is 5.75 Å². The number of fused-ring (bicyclic) bond motifs is 1. The Morgan fingerprint density at radius 1 is 1.00 bits per heavy atom. The Kier molecular flexibility index (Phi) is 7.53. The van der Waals surface area contributed by atoms with Crippen molar-refractivity contribution in [3.63, 3.8) is 0 Å². The summed E-state index contributed by atoms with van der Waals surface area (Å²) in [5, 5.41) is 6.26. The molecule has 1 atom stereocenters. The van der Waals surface area contributed by atoms with Crippen LogP contribution < -0.4 is 15.4 Å². The third-order valence-electron chi connectivity index (χ3n) is 7.33. The predicted octanol–water partition coefficient (Wildman–Crippen LogP) is 3.58. The number of amides is 3. The maximum atomic E-state index is 12.6. The predicted molar refractivity (Wildman–Crippen MR) is 135 cm³/mol. The number of carbonyl (C=O) groups excluding carboxylic acids is 3. The van der Waals surface area contributed by atoms with Gasteiger partial charge in [0.15, 0.2) is 0 Å². The zero-order valence-corrected chi connectivity index (χ0v) is 20.9. The number of halogens is 1. The van der Waals surface area contributed by atoms with Crippen molar-refractivity contribution in [3.05, 3.63) is 58.4 Å². The molecule has 190 valence electrons. The lowest BCUT2D eigenvalue weighted by atomic mass is 9.95. The van der Waals surface area contributed by atoms with E-state index in [2.05, 4.69) is 15.6 Å². The van der Waals surface area contributed by atoms with Gasteiger partial charge >= 0.3 is 0 Å². The summed E-state index contributed by atoms with van der Waals surface area (Å²) in [4.78, 5) is 41.6. The van der Waals surface area contributed by atoms with Crippen LogP contribution in [0.1, 0.15) is 72.3 Å². The molecule has 3 amide bonds. The quantitative estimate of drug-likeness (QED) is 0.610. The zero-order chi connectivity index (χ0) is 25.1. The van der Waals surface area contributed by atoms with Crippen molar-refractivity contribution < 1.29 is 19.1 Å². The number of ether oxygens (including phenoxy) is 1. The highest BCUT2D eigenvalue weighted by Gasteiger charge is 2.39. The Hall–Kier alpha value is -2.97. The summed E-state index contributed by atoms with van der Waals surface area (Å²) in [5.74, 6) is 0.628. The van der Waals surface area contributed by atoms with Crippen LogP contribution in [-0.2, 0) is 16.1 Å². The second kappa shape index (κ2) is 11.0. The molecule has 2 saturated heterocycles. The number of imide groups is 1. The Labute approximate surface area is 215 Å². The monoisotopic (exact) mass is 510 g/mol. The largest absolute Gasteiger partial charge is 0.490 e. The van der Waals surface area contributed by atoms with E-state index in [0.29, 0.717) is 24.4 Å². The zero-order valence-electron chi connectivity index (χ0n) is 20.2. The molecule has 1 unspecified atom stereocenters. The number of hydrogen-bond donors (Lipinski definition) is 2. The van der Waals surface area contributed by atoms with E-state index in [1.54, 1.807) is 17.2 Å². The van der Waals surface area contributed by atoms with Crippen molar-refractivity contribution in [3.8, 4) is 5.75 Å². The van der Waals surface area contributed by atoms with Gasteiger partial charge in [-0.2, -0.15) is 0 Å². The van der Waals surface area contributed by atoms with Gasteiger partial charge in [-0.05, 0) is 67.5 Å². The lowest BCUT2D eigenvalue weighted by Crippen LogP contribution is -2.52. The normalized spacial score (nSPS) is 22.3. The summed E-state index contributed by atoms with van der Waals surface area (Å²) < 4.78 is 6.08. The van der Waals surface area contributed by atoms with E-state index in [9.17, 15) is 14.4 Å². The van der Waals surface area contributed by atoms with Gasteiger partial charge < -0.3 is 15.0 Å². The van der Waals surface area contributed by atoms with Gasteiger partial charge in [-0.1, -0.05) is 18.0 Å². The fourth-order valence-electron chi connectivity index (χ4n) is 5.18. The summed E-state index contributed by atoms with van der Waals surface area (Å²) in [6, 6.07) is 6.98. The fourth-order valence-corrected chi connectivity index (χ4v) is 5.36. The fraction of sp³-hybridized carbons (Fsp3) is 0.481. The van der Waals surface area contributed by atoms with Crippen LogP contribution in [0.15, 0.2) is 36.7 Å². The van der Waals surface area contributed by atoms with Crippen LogP contribution in [0, 0.1) is 0 Å². The van der Waals surface area contributed by atoms with Gasteiger partial charge in [0, 0.05) is 49.9 Å². The summed E-state index contributed by atoms with van der Waals surface area (Å²) in [7, 11) is 0. The summed E-state index contributed by atoms with van der Waals surface area (Å²) in [5.41, 5.74) is 2.76. The minimum absolute atomic E-state index is 0.145. The second-order valence-corrected chi connectivity index (χ2v) is 10.3. The number of carbonyl (C=O) groups is 3. The van der Waals surface area contributed by atoms with Crippen molar-refractivity contribution in [2.24, 2.45) is 0 Å². The Morgan fingerprint density at radius 2 is 1.81 bits per heavy atom. The first kappa shape index (κ1) is 24.7. The molecule has 3 fully saturated rings. The minimum atomic E-state index is -0.569. The molecule has 4 heterocycles. The number of nitrogens with zero attached hydrogens (tertiary/aromatic N) is 2. The van der Waals surface area contributed by atoms with Crippen molar-refractivity contribution in [2.45, 2.75) is 69.6 Å².